The summed E-state index contributed by atoms with van der Waals surface area (Å²) in [5, 5.41) is 87.7. The zero-order valence-electron chi connectivity index (χ0n) is 62.1. The summed E-state index contributed by atoms with van der Waals surface area (Å²) < 4.78 is 22.9. The van der Waals surface area contributed by atoms with Crippen LogP contribution in [0.25, 0.3) is 0 Å². The summed E-state index contributed by atoms with van der Waals surface area (Å²) >= 11 is 0. The smallest absolute Gasteiger partial charge is 0.220 e. The van der Waals surface area contributed by atoms with Crippen LogP contribution in [0.4, 0.5) is 0 Å². The summed E-state index contributed by atoms with van der Waals surface area (Å²) in [5.74, 6) is -0.245. The van der Waals surface area contributed by atoms with Gasteiger partial charge >= 0.3 is 0 Å². The Morgan fingerprint density at radius 1 is 0.365 bits per heavy atom. The Hall–Kier alpha value is -1.79. The molecule has 2 aliphatic rings. The van der Waals surface area contributed by atoms with Crippen molar-refractivity contribution in [3.05, 3.63) is 36.5 Å². The predicted molar refractivity (Wildman–Crippen MR) is 397 cm³/mol. The molecule has 0 bridgehead atoms. The van der Waals surface area contributed by atoms with Crippen LogP contribution in [-0.4, -0.2) is 140 Å². The molecule has 96 heavy (non-hydrogen) atoms. The van der Waals surface area contributed by atoms with Crippen molar-refractivity contribution in [2.45, 2.75) is 460 Å². The standard InChI is InChI=1S/C82H155NO13/c1-3-5-7-9-11-13-15-17-19-21-23-25-27-29-31-33-34-35-36-37-38-40-42-44-46-48-50-52-54-56-58-60-62-64-66-74(87)83-70(69-93-81-79(92)77(90)80(73(68-85)95-81)96-82-78(91)76(89)75(88)72(67-84)94-82)71(86)65-63-61-59-57-55-53-51-49-47-45-43-41-39-32-30-28-26-24-22-20-18-16-14-12-10-8-6-4-2/h47,49,55,57,63,65,70-73,75-82,84-86,88-92H,3-46,48,50-54,56,58-62,64,66-69H2,1-2H3,(H,83,87)/b49-47+,57-55+,65-63+. The van der Waals surface area contributed by atoms with Gasteiger partial charge in [-0.1, -0.05) is 371 Å². The maximum atomic E-state index is 13.4. The normalized spacial score (nSPS) is 22.4. The van der Waals surface area contributed by atoms with Crippen molar-refractivity contribution in [1.29, 1.82) is 0 Å². The fraction of sp³-hybridized carbons (Fsp3) is 0.915. The monoisotopic (exact) mass is 1360 g/mol. The average molecular weight is 1360 g/mol. The summed E-state index contributed by atoms with van der Waals surface area (Å²) in [5.41, 5.74) is 0. The number of aliphatic hydroxyl groups is 8. The van der Waals surface area contributed by atoms with Crippen LogP contribution in [0.15, 0.2) is 36.5 Å². The molecule has 0 aliphatic carbocycles. The molecule has 0 aromatic carbocycles. The van der Waals surface area contributed by atoms with Gasteiger partial charge in [-0.2, -0.15) is 0 Å². The number of hydrogen-bond donors (Lipinski definition) is 9. The summed E-state index contributed by atoms with van der Waals surface area (Å²) in [6.45, 7) is 2.85. The molecule has 1 amide bonds. The zero-order valence-corrected chi connectivity index (χ0v) is 62.1. The van der Waals surface area contributed by atoms with Gasteiger partial charge in [0.2, 0.25) is 5.91 Å². The number of amides is 1. The first-order valence-electron chi connectivity index (χ1n) is 41.2. The quantitative estimate of drug-likeness (QED) is 0.0204. The van der Waals surface area contributed by atoms with Crippen molar-refractivity contribution < 1.29 is 64.6 Å². The number of unbranched alkanes of at least 4 members (excludes halogenated alkanes) is 53. The van der Waals surface area contributed by atoms with E-state index in [0.717, 1.165) is 44.9 Å². The third kappa shape index (κ3) is 48.9. The maximum Gasteiger partial charge on any atom is 0.220 e. The molecule has 2 fully saturated rings. The third-order valence-electron chi connectivity index (χ3n) is 20.3. The lowest BCUT2D eigenvalue weighted by atomic mass is 9.97. The lowest BCUT2D eigenvalue weighted by molar-refractivity contribution is -0.359. The average Bonchev–Trinajstić information content (AvgIpc) is 0.797. The van der Waals surface area contributed by atoms with Crippen LogP contribution in [0.2, 0.25) is 0 Å². The molecule has 12 unspecified atom stereocenters. The molecule has 9 N–H and O–H groups in total. The van der Waals surface area contributed by atoms with Crippen molar-refractivity contribution in [2.75, 3.05) is 19.8 Å². The number of carbonyl (C=O) groups excluding carboxylic acids is 1. The minimum Gasteiger partial charge on any atom is -0.394 e. The molecule has 14 nitrogen and oxygen atoms in total. The van der Waals surface area contributed by atoms with E-state index in [1.165, 1.54) is 308 Å². The second-order valence-corrected chi connectivity index (χ2v) is 29.2. The van der Waals surface area contributed by atoms with Gasteiger partial charge in [-0.25, -0.2) is 0 Å². The van der Waals surface area contributed by atoms with Gasteiger partial charge in [-0.05, 0) is 44.9 Å². The van der Waals surface area contributed by atoms with Crippen LogP contribution in [0.1, 0.15) is 386 Å². The number of ether oxygens (including phenoxy) is 4. The molecular formula is C82H155NO13. The van der Waals surface area contributed by atoms with Gasteiger partial charge in [-0.15, -0.1) is 0 Å². The molecule has 0 saturated carbocycles. The molecule has 2 aliphatic heterocycles. The Labute approximate surface area is 589 Å². The molecule has 0 spiro atoms. The van der Waals surface area contributed by atoms with Crippen molar-refractivity contribution in [3.63, 3.8) is 0 Å². The summed E-state index contributed by atoms with van der Waals surface area (Å²) in [7, 11) is 0. The van der Waals surface area contributed by atoms with Crippen LogP contribution in [0.5, 0.6) is 0 Å². The molecule has 0 aromatic rings. The highest BCUT2D eigenvalue weighted by Crippen LogP contribution is 2.30. The minimum absolute atomic E-state index is 0.245. The number of rotatable bonds is 70. The first kappa shape index (κ1) is 90.3. The first-order valence-corrected chi connectivity index (χ1v) is 41.2. The lowest BCUT2D eigenvalue weighted by Crippen LogP contribution is -2.65. The number of allylic oxidation sites excluding steroid dienone is 5. The zero-order chi connectivity index (χ0) is 69.4. The van der Waals surface area contributed by atoms with E-state index in [-0.39, 0.29) is 18.9 Å². The van der Waals surface area contributed by atoms with Gasteiger partial charge in [0.05, 0.1) is 32.0 Å². The molecular weight excluding hydrogens is 1210 g/mol. The topological polar surface area (TPSA) is 228 Å². The third-order valence-corrected chi connectivity index (χ3v) is 20.3. The van der Waals surface area contributed by atoms with Gasteiger partial charge in [0.1, 0.15) is 48.8 Å². The second kappa shape index (κ2) is 66.4. The van der Waals surface area contributed by atoms with E-state index in [2.05, 4.69) is 43.5 Å². The Morgan fingerprint density at radius 3 is 1.02 bits per heavy atom. The largest absolute Gasteiger partial charge is 0.394 e. The van der Waals surface area contributed by atoms with Crippen LogP contribution >= 0.6 is 0 Å². The predicted octanol–water partition coefficient (Wildman–Crippen LogP) is 18.8. The van der Waals surface area contributed by atoms with Crippen molar-refractivity contribution >= 4 is 5.91 Å². The number of aliphatic hydroxyl groups excluding tert-OH is 8. The highest BCUT2D eigenvalue weighted by molar-refractivity contribution is 5.76. The van der Waals surface area contributed by atoms with Gasteiger partial charge in [-0.3, -0.25) is 4.79 Å². The van der Waals surface area contributed by atoms with E-state index in [1.54, 1.807) is 6.08 Å². The lowest BCUT2D eigenvalue weighted by Gasteiger charge is -2.46. The molecule has 0 radical (unpaired) electrons. The Kier molecular flexibility index (Phi) is 62.5. The summed E-state index contributed by atoms with van der Waals surface area (Å²) in [6, 6.07) is -0.938. The summed E-state index contributed by atoms with van der Waals surface area (Å²) in [6.07, 6.45) is 71.1. The highest BCUT2D eigenvalue weighted by atomic mass is 16.7. The van der Waals surface area contributed by atoms with Crippen LogP contribution in [-0.2, 0) is 23.7 Å². The molecule has 2 saturated heterocycles. The van der Waals surface area contributed by atoms with Gasteiger partial charge in [0.25, 0.3) is 0 Å². The minimum atomic E-state index is -1.79. The number of hydrogen-bond acceptors (Lipinski definition) is 13. The van der Waals surface area contributed by atoms with Gasteiger partial charge < -0.3 is 65.1 Å². The number of carbonyl (C=O) groups is 1. The fourth-order valence-electron chi connectivity index (χ4n) is 13.8. The van der Waals surface area contributed by atoms with Crippen LogP contribution < -0.4 is 5.32 Å². The van der Waals surface area contributed by atoms with E-state index >= 15 is 0 Å². The van der Waals surface area contributed by atoms with Gasteiger partial charge in [0.15, 0.2) is 12.6 Å². The van der Waals surface area contributed by atoms with E-state index in [1.807, 2.05) is 6.08 Å². The molecule has 2 heterocycles. The van der Waals surface area contributed by atoms with Crippen molar-refractivity contribution in [3.8, 4) is 0 Å². The number of nitrogens with one attached hydrogen (secondary N) is 1. The van der Waals surface area contributed by atoms with Crippen molar-refractivity contribution in [1.82, 2.24) is 5.32 Å². The van der Waals surface area contributed by atoms with E-state index in [4.69, 9.17) is 18.9 Å². The molecule has 14 heteroatoms. The van der Waals surface area contributed by atoms with E-state index in [0.29, 0.717) is 12.8 Å². The van der Waals surface area contributed by atoms with E-state index < -0.39 is 86.8 Å². The van der Waals surface area contributed by atoms with E-state index in [9.17, 15) is 45.6 Å². The van der Waals surface area contributed by atoms with Gasteiger partial charge in [0, 0.05) is 6.42 Å². The first-order chi connectivity index (χ1) is 47.1. The van der Waals surface area contributed by atoms with Crippen LogP contribution in [0, 0.1) is 0 Å². The molecule has 566 valence electrons. The Balaban J connectivity index is 1.62. The molecule has 0 aromatic heterocycles. The second-order valence-electron chi connectivity index (χ2n) is 29.2. The summed E-state index contributed by atoms with van der Waals surface area (Å²) in [4.78, 5) is 13.4. The SMILES string of the molecule is CCCCCCCCCCCCCCCCCCCC/C=C/CC/C=C/CC/C=C/C(O)C(COC1OC(CO)C(OC2OC(CO)C(O)C(O)C2O)C(O)C1O)NC(=O)CCCCCCCCCCCCCCCCCCCCCCCCCCCCCCCCCCCC. The van der Waals surface area contributed by atoms with Crippen molar-refractivity contribution in [2.24, 2.45) is 0 Å². The fourth-order valence-corrected chi connectivity index (χ4v) is 13.8. The molecule has 2 rings (SSSR count). The van der Waals surface area contributed by atoms with Crippen LogP contribution in [0.3, 0.4) is 0 Å². The highest BCUT2D eigenvalue weighted by Gasteiger charge is 2.51. The maximum absolute atomic E-state index is 13.4. The Bertz CT molecular complexity index is 1750. The molecule has 12 atom stereocenters. The Morgan fingerprint density at radius 2 is 0.667 bits per heavy atom.